The van der Waals surface area contributed by atoms with Crippen LogP contribution < -0.4 is 0 Å². The number of esters is 1. The molecular formula is C16H20O3. The molecule has 2 aliphatic carbocycles. The van der Waals surface area contributed by atoms with Gasteiger partial charge in [-0.25, -0.2) is 0 Å². The fourth-order valence-electron chi connectivity index (χ4n) is 3.94. The molecule has 19 heavy (non-hydrogen) atoms. The molecule has 0 saturated heterocycles. The minimum Gasteiger partial charge on any atom is -0.466 e. The molecule has 0 aliphatic heterocycles. The van der Waals surface area contributed by atoms with Gasteiger partial charge in [-0.1, -0.05) is 37.6 Å². The number of hydrogen-bond donors (Lipinski definition) is 1. The van der Waals surface area contributed by atoms with Crippen molar-refractivity contribution < 1.29 is 14.6 Å². The average Bonchev–Trinajstić information content (AvgIpc) is 3.28. The van der Waals surface area contributed by atoms with Gasteiger partial charge in [0.2, 0.25) is 0 Å². The van der Waals surface area contributed by atoms with E-state index >= 15 is 0 Å². The highest BCUT2D eigenvalue weighted by Gasteiger charge is 2.88. The molecule has 3 heteroatoms. The molecule has 3 rings (SSSR count). The highest BCUT2D eigenvalue weighted by molar-refractivity contribution is 5.84. The van der Waals surface area contributed by atoms with Crippen LogP contribution >= 0.6 is 0 Å². The summed E-state index contributed by atoms with van der Waals surface area (Å²) in [6, 6.07) is 8.03. The largest absolute Gasteiger partial charge is 0.466 e. The van der Waals surface area contributed by atoms with E-state index < -0.39 is 0 Å². The maximum atomic E-state index is 11.9. The Morgan fingerprint density at radius 3 is 2.53 bits per heavy atom. The van der Waals surface area contributed by atoms with Crippen LogP contribution in [0.4, 0.5) is 0 Å². The summed E-state index contributed by atoms with van der Waals surface area (Å²) in [7, 11) is 0. The van der Waals surface area contributed by atoms with Crippen molar-refractivity contribution in [2.24, 2.45) is 17.8 Å². The Morgan fingerprint density at radius 2 is 2.00 bits per heavy atom. The van der Waals surface area contributed by atoms with Crippen LogP contribution in [0.1, 0.15) is 31.4 Å². The topological polar surface area (TPSA) is 46.5 Å². The summed E-state index contributed by atoms with van der Waals surface area (Å²) < 4.78 is 5.17. The predicted molar refractivity (Wildman–Crippen MR) is 71.4 cm³/mol. The van der Waals surface area contributed by atoms with Crippen molar-refractivity contribution in [3.63, 3.8) is 0 Å². The third kappa shape index (κ3) is 1.57. The van der Waals surface area contributed by atoms with E-state index in [1.165, 1.54) is 5.56 Å². The monoisotopic (exact) mass is 260 g/mol. The zero-order valence-corrected chi connectivity index (χ0v) is 11.4. The van der Waals surface area contributed by atoms with E-state index in [9.17, 15) is 4.79 Å². The van der Waals surface area contributed by atoms with Crippen molar-refractivity contribution >= 4 is 5.97 Å². The third-order valence-electron chi connectivity index (χ3n) is 4.87. The standard InChI is InChI=1S/C16H20O3/c1-3-12-13-14(15(18)19-4-2)16(12,13)11-7-5-10(9-17)6-8-11/h5-8,12-14,17H,3-4,9H2,1-2H3/t12-,13?,14+,16?/m1/s1. The van der Waals surface area contributed by atoms with E-state index in [0.717, 1.165) is 12.0 Å². The van der Waals surface area contributed by atoms with Crippen LogP contribution in [0.15, 0.2) is 24.3 Å². The molecular weight excluding hydrogens is 240 g/mol. The third-order valence-corrected chi connectivity index (χ3v) is 4.87. The second-order valence-electron chi connectivity index (χ2n) is 5.56. The normalized spacial score (nSPS) is 34.6. The molecule has 0 amide bonds. The number of carbonyl (C=O) groups is 1. The molecule has 4 atom stereocenters. The van der Waals surface area contributed by atoms with Crippen LogP contribution in [0.5, 0.6) is 0 Å². The average molecular weight is 260 g/mol. The van der Waals surface area contributed by atoms with E-state index in [1.807, 2.05) is 19.1 Å². The van der Waals surface area contributed by atoms with Crippen LogP contribution in [0.3, 0.4) is 0 Å². The van der Waals surface area contributed by atoms with Gasteiger partial charge < -0.3 is 9.84 Å². The number of benzene rings is 1. The highest BCUT2D eigenvalue weighted by atomic mass is 16.5. The molecule has 3 nitrogen and oxygen atoms in total. The van der Waals surface area contributed by atoms with Gasteiger partial charge in [0.25, 0.3) is 0 Å². The molecule has 0 heterocycles. The number of fused-ring (bicyclic) bond motifs is 1. The molecule has 102 valence electrons. The molecule has 2 fully saturated rings. The van der Waals surface area contributed by atoms with E-state index in [-0.39, 0.29) is 23.9 Å². The minimum atomic E-state index is -0.0385. The molecule has 0 radical (unpaired) electrons. The zero-order chi connectivity index (χ0) is 13.6. The zero-order valence-electron chi connectivity index (χ0n) is 11.4. The Labute approximate surface area is 113 Å². The summed E-state index contributed by atoms with van der Waals surface area (Å²) in [5, 5.41) is 9.09. The van der Waals surface area contributed by atoms with Crippen molar-refractivity contribution in [3.05, 3.63) is 35.4 Å². The van der Waals surface area contributed by atoms with E-state index in [0.29, 0.717) is 18.4 Å². The van der Waals surface area contributed by atoms with Crippen LogP contribution in [0.25, 0.3) is 0 Å². The second kappa shape index (κ2) is 4.34. The molecule has 0 bridgehead atoms. The molecule has 2 saturated carbocycles. The summed E-state index contributed by atoms with van der Waals surface area (Å²) >= 11 is 0. The first-order valence-electron chi connectivity index (χ1n) is 7.08. The van der Waals surface area contributed by atoms with Crippen molar-refractivity contribution in [1.29, 1.82) is 0 Å². The van der Waals surface area contributed by atoms with E-state index in [1.54, 1.807) is 0 Å². The lowest BCUT2D eigenvalue weighted by molar-refractivity contribution is -0.146. The van der Waals surface area contributed by atoms with Gasteiger partial charge in [-0.15, -0.1) is 0 Å². The van der Waals surface area contributed by atoms with Gasteiger partial charge in [0, 0.05) is 5.41 Å². The lowest BCUT2D eigenvalue weighted by atomic mass is 9.88. The molecule has 2 unspecified atom stereocenters. The van der Waals surface area contributed by atoms with Gasteiger partial charge >= 0.3 is 5.97 Å². The van der Waals surface area contributed by atoms with Crippen LogP contribution in [0.2, 0.25) is 0 Å². The minimum absolute atomic E-state index is 0.0385. The summed E-state index contributed by atoms with van der Waals surface area (Å²) in [5.41, 5.74) is 2.20. The molecule has 0 aromatic heterocycles. The first-order chi connectivity index (χ1) is 9.21. The number of carbonyl (C=O) groups excluding carboxylic acids is 1. The summed E-state index contributed by atoms with van der Waals surface area (Å²) in [5.74, 6) is 1.14. The quantitative estimate of drug-likeness (QED) is 0.826. The summed E-state index contributed by atoms with van der Waals surface area (Å²) in [4.78, 5) is 11.9. The van der Waals surface area contributed by atoms with Crippen molar-refractivity contribution in [3.8, 4) is 0 Å². The molecule has 1 aromatic rings. The lowest BCUT2D eigenvalue weighted by Gasteiger charge is -2.17. The fourth-order valence-corrected chi connectivity index (χ4v) is 3.94. The smallest absolute Gasteiger partial charge is 0.310 e. The van der Waals surface area contributed by atoms with Crippen LogP contribution in [-0.4, -0.2) is 17.7 Å². The van der Waals surface area contributed by atoms with Gasteiger partial charge in [-0.05, 0) is 29.9 Å². The number of rotatable bonds is 5. The van der Waals surface area contributed by atoms with Crippen LogP contribution in [-0.2, 0) is 21.6 Å². The van der Waals surface area contributed by atoms with Gasteiger partial charge in [-0.2, -0.15) is 0 Å². The highest BCUT2D eigenvalue weighted by Crippen LogP contribution is 2.85. The van der Waals surface area contributed by atoms with E-state index in [2.05, 4.69) is 19.1 Å². The number of ether oxygens (including phenoxy) is 1. The Kier molecular flexibility index (Phi) is 2.90. The SMILES string of the molecule is CCOC(=O)[C@@H]1C2[C@@H](CC)C21c1ccc(CO)cc1. The molecule has 0 spiro atoms. The maximum absolute atomic E-state index is 11.9. The summed E-state index contributed by atoms with van der Waals surface area (Å²) in [6.07, 6.45) is 1.11. The second-order valence-corrected chi connectivity index (χ2v) is 5.56. The van der Waals surface area contributed by atoms with Gasteiger partial charge in [0.05, 0.1) is 19.1 Å². The number of hydrogen-bond acceptors (Lipinski definition) is 3. The Morgan fingerprint density at radius 1 is 1.32 bits per heavy atom. The first kappa shape index (κ1) is 12.7. The van der Waals surface area contributed by atoms with Crippen molar-refractivity contribution in [2.75, 3.05) is 6.61 Å². The molecule has 1 N–H and O–H groups in total. The molecule has 2 aliphatic rings. The lowest BCUT2D eigenvalue weighted by Crippen LogP contribution is -2.22. The Hall–Kier alpha value is -1.35. The number of aliphatic hydroxyl groups excluding tert-OH is 1. The first-order valence-corrected chi connectivity index (χ1v) is 7.08. The van der Waals surface area contributed by atoms with Gasteiger partial charge in [0.15, 0.2) is 0 Å². The molecule has 1 aromatic carbocycles. The summed E-state index contributed by atoms with van der Waals surface area (Å²) in [6.45, 7) is 4.56. The predicted octanol–water partition coefficient (Wildman–Crippen LogP) is 2.27. The van der Waals surface area contributed by atoms with Crippen molar-refractivity contribution in [1.82, 2.24) is 0 Å². The Balaban J connectivity index is 1.83. The van der Waals surface area contributed by atoms with E-state index in [4.69, 9.17) is 9.84 Å². The number of aliphatic hydroxyl groups is 1. The van der Waals surface area contributed by atoms with Gasteiger partial charge in [0.1, 0.15) is 0 Å². The maximum Gasteiger partial charge on any atom is 0.310 e. The van der Waals surface area contributed by atoms with Crippen molar-refractivity contribution in [2.45, 2.75) is 32.3 Å². The Bertz CT molecular complexity index is 493. The fraction of sp³-hybridized carbons (Fsp3) is 0.562. The van der Waals surface area contributed by atoms with Gasteiger partial charge in [-0.3, -0.25) is 4.79 Å². The van der Waals surface area contributed by atoms with Crippen LogP contribution in [0, 0.1) is 17.8 Å².